The fourth-order valence-electron chi connectivity index (χ4n) is 3.06. The predicted octanol–water partition coefficient (Wildman–Crippen LogP) is 4.74. The van der Waals surface area contributed by atoms with Gasteiger partial charge < -0.3 is 9.72 Å². The third-order valence-corrected chi connectivity index (χ3v) is 4.15. The molecule has 0 aliphatic heterocycles. The number of methoxy groups -OCH3 is 1. The van der Waals surface area contributed by atoms with Gasteiger partial charge in [-0.25, -0.2) is 8.78 Å². The van der Waals surface area contributed by atoms with Crippen LogP contribution in [0.4, 0.5) is 8.78 Å². The summed E-state index contributed by atoms with van der Waals surface area (Å²) in [6.07, 6.45) is 1.19. The van der Waals surface area contributed by atoms with E-state index in [-0.39, 0.29) is 6.42 Å². The van der Waals surface area contributed by atoms with Crippen molar-refractivity contribution in [2.75, 3.05) is 20.2 Å². The number of aromatic nitrogens is 1. The first kappa shape index (κ1) is 17.7. The number of halogens is 2. The molecule has 0 bridgehead atoms. The topological polar surface area (TPSA) is 28.3 Å². The standard InChI is InChI=1S/C18H26F2N2O/c1-4-9-22(10-5-6-17(19)20)12-15-14-7-8-21-18(14)13(2)11-16(15)23-3/h7-8,11,17,21H,4-6,9-10,12H2,1-3H3. The Kier molecular flexibility index (Phi) is 6.39. The second-order valence-corrected chi connectivity index (χ2v) is 5.95. The van der Waals surface area contributed by atoms with Crippen LogP contribution in [0.25, 0.3) is 10.9 Å². The molecule has 0 aliphatic rings. The van der Waals surface area contributed by atoms with Crippen molar-refractivity contribution >= 4 is 10.9 Å². The molecule has 23 heavy (non-hydrogen) atoms. The fraction of sp³-hybridized carbons (Fsp3) is 0.556. The van der Waals surface area contributed by atoms with Gasteiger partial charge in [-0.1, -0.05) is 6.92 Å². The number of fused-ring (bicyclic) bond motifs is 1. The summed E-state index contributed by atoms with van der Waals surface area (Å²) in [6.45, 7) is 6.46. The molecule has 0 aliphatic carbocycles. The lowest BCUT2D eigenvalue weighted by Gasteiger charge is -2.23. The summed E-state index contributed by atoms with van der Waals surface area (Å²) in [6, 6.07) is 4.10. The SMILES string of the molecule is CCCN(CCCC(F)F)Cc1c(OC)cc(C)c2[nH]ccc12. The molecule has 3 nitrogen and oxygen atoms in total. The molecule has 0 saturated heterocycles. The first-order valence-electron chi connectivity index (χ1n) is 8.20. The number of alkyl halides is 2. The zero-order chi connectivity index (χ0) is 16.8. The van der Waals surface area contributed by atoms with Crippen LogP contribution in [-0.2, 0) is 6.54 Å². The van der Waals surface area contributed by atoms with Crippen LogP contribution in [0.1, 0.15) is 37.3 Å². The quantitative estimate of drug-likeness (QED) is 0.721. The van der Waals surface area contributed by atoms with E-state index >= 15 is 0 Å². The van der Waals surface area contributed by atoms with E-state index < -0.39 is 6.43 Å². The number of hydrogen-bond donors (Lipinski definition) is 1. The van der Waals surface area contributed by atoms with E-state index in [1.54, 1.807) is 7.11 Å². The normalized spacial score (nSPS) is 11.8. The van der Waals surface area contributed by atoms with Crippen molar-refractivity contribution in [3.8, 4) is 5.75 Å². The maximum Gasteiger partial charge on any atom is 0.238 e. The molecule has 0 unspecified atom stereocenters. The van der Waals surface area contributed by atoms with Crippen molar-refractivity contribution in [1.82, 2.24) is 9.88 Å². The summed E-state index contributed by atoms with van der Waals surface area (Å²) >= 11 is 0. The van der Waals surface area contributed by atoms with Crippen LogP contribution in [-0.4, -0.2) is 36.5 Å². The molecule has 1 aromatic heterocycles. The number of benzene rings is 1. The van der Waals surface area contributed by atoms with Crippen molar-refractivity contribution in [2.45, 2.75) is 46.1 Å². The number of ether oxygens (including phenoxy) is 1. The first-order valence-corrected chi connectivity index (χ1v) is 8.20. The summed E-state index contributed by atoms with van der Waals surface area (Å²) in [7, 11) is 1.68. The maximum absolute atomic E-state index is 12.4. The second-order valence-electron chi connectivity index (χ2n) is 5.95. The van der Waals surface area contributed by atoms with Gasteiger partial charge in [-0.15, -0.1) is 0 Å². The van der Waals surface area contributed by atoms with Gasteiger partial charge in [0, 0.05) is 35.6 Å². The van der Waals surface area contributed by atoms with Gasteiger partial charge in [0.2, 0.25) is 6.43 Å². The van der Waals surface area contributed by atoms with E-state index in [2.05, 4.69) is 29.8 Å². The highest BCUT2D eigenvalue weighted by molar-refractivity contribution is 5.88. The van der Waals surface area contributed by atoms with Crippen LogP contribution in [0, 0.1) is 6.92 Å². The number of H-pyrrole nitrogens is 1. The van der Waals surface area contributed by atoms with Crippen LogP contribution in [0.2, 0.25) is 0 Å². The van der Waals surface area contributed by atoms with Gasteiger partial charge in [0.15, 0.2) is 0 Å². The number of rotatable bonds is 9. The lowest BCUT2D eigenvalue weighted by molar-refractivity contribution is 0.126. The first-order chi connectivity index (χ1) is 11.1. The van der Waals surface area contributed by atoms with Crippen LogP contribution >= 0.6 is 0 Å². The Labute approximate surface area is 136 Å². The average molecular weight is 324 g/mol. The van der Waals surface area contributed by atoms with Crippen LogP contribution in [0.5, 0.6) is 5.75 Å². The molecule has 1 aromatic carbocycles. The Bertz CT molecular complexity index is 625. The molecule has 0 radical (unpaired) electrons. The largest absolute Gasteiger partial charge is 0.496 e. The second kappa shape index (κ2) is 8.29. The van der Waals surface area contributed by atoms with E-state index in [9.17, 15) is 8.78 Å². The Hall–Kier alpha value is -1.62. The highest BCUT2D eigenvalue weighted by Crippen LogP contribution is 2.31. The monoisotopic (exact) mass is 324 g/mol. The van der Waals surface area contributed by atoms with Crippen LogP contribution in [0.3, 0.4) is 0 Å². The number of aryl methyl sites for hydroxylation is 1. The van der Waals surface area contributed by atoms with Gasteiger partial charge in [-0.05, 0) is 50.6 Å². The minimum Gasteiger partial charge on any atom is -0.496 e. The summed E-state index contributed by atoms with van der Waals surface area (Å²) in [5, 5.41) is 1.15. The molecule has 0 atom stereocenters. The number of nitrogens with zero attached hydrogens (tertiary/aromatic N) is 1. The average Bonchev–Trinajstić information content (AvgIpc) is 2.99. The van der Waals surface area contributed by atoms with E-state index in [4.69, 9.17) is 4.74 Å². The number of aromatic amines is 1. The lowest BCUT2D eigenvalue weighted by atomic mass is 10.0. The molecule has 2 aromatic rings. The smallest absolute Gasteiger partial charge is 0.238 e. The van der Waals surface area contributed by atoms with Crippen molar-refractivity contribution in [3.05, 3.63) is 29.5 Å². The van der Waals surface area contributed by atoms with E-state index in [1.807, 2.05) is 12.3 Å². The van der Waals surface area contributed by atoms with E-state index in [0.29, 0.717) is 13.0 Å². The molecule has 128 valence electrons. The van der Waals surface area contributed by atoms with Crippen molar-refractivity contribution in [1.29, 1.82) is 0 Å². The highest BCUT2D eigenvalue weighted by atomic mass is 19.3. The molecule has 0 spiro atoms. The third-order valence-electron chi connectivity index (χ3n) is 4.15. The highest BCUT2D eigenvalue weighted by Gasteiger charge is 2.15. The third kappa shape index (κ3) is 4.44. The van der Waals surface area contributed by atoms with Crippen molar-refractivity contribution in [2.24, 2.45) is 0 Å². The summed E-state index contributed by atoms with van der Waals surface area (Å²) in [5.74, 6) is 0.865. The molecule has 1 N–H and O–H groups in total. The van der Waals surface area contributed by atoms with Crippen molar-refractivity contribution < 1.29 is 13.5 Å². The summed E-state index contributed by atoms with van der Waals surface area (Å²) < 4.78 is 30.3. The van der Waals surface area contributed by atoms with E-state index in [0.717, 1.165) is 47.3 Å². The fourth-order valence-corrected chi connectivity index (χ4v) is 3.06. The van der Waals surface area contributed by atoms with Crippen LogP contribution < -0.4 is 4.74 Å². The maximum atomic E-state index is 12.4. The summed E-state index contributed by atoms with van der Waals surface area (Å²) in [5.41, 5.74) is 3.38. The molecule has 0 fully saturated rings. The van der Waals surface area contributed by atoms with Gasteiger partial charge in [0.1, 0.15) is 5.75 Å². The van der Waals surface area contributed by atoms with Gasteiger partial charge in [0.05, 0.1) is 7.11 Å². The number of nitrogens with one attached hydrogen (secondary N) is 1. The molecular weight excluding hydrogens is 298 g/mol. The minimum absolute atomic E-state index is 0.0369. The Morgan fingerprint density at radius 1 is 1.30 bits per heavy atom. The molecule has 5 heteroatoms. The van der Waals surface area contributed by atoms with Crippen molar-refractivity contribution in [3.63, 3.8) is 0 Å². The minimum atomic E-state index is -2.22. The van der Waals surface area contributed by atoms with Gasteiger partial charge >= 0.3 is 0 Å². The lowest BCUT2D eigenvalue weighted by Crippen LogP contribution is -2.26. The number of hydrogen-bond acceptors (Lipinski definition) is 2. The zero-order valence-electron chi connectivity index (χ0n) is 14.2. The Morgan fingerprint density at radius 3 is 2.74 bits per heavy atom. The molecule has 0 saturated carbocycles. The zero-order valence-corrected chi connectivity index (χ0v) is 14.2. The molecular formula is C18H26F2N2O. The Balaban J connectivity index is 2.22. The van der Waals surface area contributed by atoms with Crippen LogP contribution in [0.15, 0.2) is 18.3 Å². The summed E-state index contributed by atoms with van der Waals surface area (Å²) in [4.78, 5) is 5.51. The predicted molar refractivity (Wildman–Crippen MR) is 90.4 cm³/mol. The van der Waals surface area contributed by atoms with Gasteiger partial charge in [0.25, 0.3) is 0 Å². The van der Waals surface area contributed by atoms with E-state index in [1.165, 1.54) is 0 Å². The molecule has 0 amide bonds. The van der Waals surface area contributed by atoms with Gasteiger partial charge in [-0.2, -0.15) is 0 Å². The molecule has 2 rings (SSSR count). The Morgan fingerprint density at radius 2 is 2.09 bits per heavy atom. The van der Waals surface area contributed by atoms with Gasteiger partial charge in [-0.3, -0.25) is 4.90 Å². The molecule has 1 heterocycles.